The van der Waals surface area contributed by atoms with Crippen molar-refractivity contribution in [3.05, 3.63) is 64.7 Å². The van der Waals surface area contributed by atoms with Gasteiger partial charge in [0.05, 0.1) is 0 Å². The van der Waals surface area contributed by atoms with Gasteiger partial charge >= 0.3 is 0 Å². The molecule has 2 N–H and O–H groups in total. The number of halogens is 2. The number of phenols is 1. The Bertz CT molecular complexity index is 582. The van der Waals surface area contributed by atoms with Gasteiger partial charge in [0.2, 0.25) is 0 Å². The molecule has 0 saturated carbocycles. The van der Waals surface area contributed by atoms with E-state index in [-0.39, 0.29) is 11.7 Å². The Hall–Kier alpha value is -1.71. The molecule has 0 bridgehead atoms. The van der Waals surface area contributed by atoms with Gasteiger partial charge in [-0.2, -0.15) is 0 Å². The Morgan fingerprint density at radius 2 is 1.70 bits per heavy atom. The van der Waals surface area contributed by atoms with Gasteiger partial charge in [0.1, 0.15) is 11.3 Å². The second-order valence-electron chi connectivity index (χ2n) is 4.32. The minimum absolute atomic E-state index is 0.116. The molecule has 0 fully saturated rings. The number of hydrogen-bond donors (Lipinski definition) is 2. The third-order valence-corrected chi connectivity index (χ3v) is 3.26. The standard InChI is InChI=1S/C15H13Cl2NO2/c16-12-5-1-10(2-6-12)9-14(17)18-15(20)11-3-7-13(19)8-4-11/h1-8,14,19H,9H2,(H,18,20). The maximum Gasteiger partial charge on any atom is 0.252 e. The smallest absolute Gasteiger partial charge is 0.252 e. The summed E-state index contributed by atoms with van der Waals surface area (Å²) in [5.74, 6) is -0.163. The number of rotatable bonds is 4. The Morgan fingerprint density at radius 3 is 2.30 bits per heavy atom. The molecule has 0 radical (unpaired) electrons. The van der Waals surface area contributed by atoms with Crippen LogP contribution in [0.2, 0.25) is 5.02 Å². The van der Waals surface area contributed by atoms with Gasteiger partial charge in [-0.25, -0.2) is 0 Å². The molecule has 104 valence electrons. The topological polar surface area (TPSA) is 49.3 Å². The maximum absolute atomic E-state index is 11.9. The SMILES string of the molecule is O=C(NC(Cl)Cc1ccc(Cl)cc1)c1ccc(O)cc1. The lowest BCUT2D eigenvalue weighted by atomic mass is 10.1. The van der Waals surface area contributed by atoms with Crippen LogP contribution in [-0.4, -0.2) is 16.5 Å². The molecule has 2 aromatic rings. The van der Waals surface area contributed by atoms with E-state index in [1.807, 2.05) is 12.1 Å². The molecule has 0 saturated heterocycles. The number of benzene rings is 2. The molecule has 2 rings (SSSR count). The average Bonchev–Trinajstić information content (AvgIpc) is 2.42. The molecule has 3 nitrogen and oxygen atoms in total. The van der Waals surface area contributed by atoms with E-state index < -0.39 is 5.50 Å². The molecule has 0 aromatic heterocycles. The molecule has 5 heteroatoms. The number of aromatic hydroxyl groups is 1. The molecule has 0 spiro atoms. The van der Waals surface area contributed by atoms with E-state index in [1.54, 1.807) is 12.1 Å². The third-order valence-electron chi connectivity index (χ3n) is 2.75. The van der Waals surface area contributed by atoms with Gasteiger partial charge in [-0.05, 0) is 42.0 Å². The van der Waals surface area contributed by atoms with E-state index in [2.05, 4.69) is 5.32 Å². The lowest BCUT2D eigenvalue weighted by Gasteiger charge is -2.12. The van der Waals surface area contributed by atoms with Crippen molar-refractivity contribution in [3.8, 4) is 5.75 Å². The van der Waals surface area contributed by atoms with Crippen LogP contribution < -0.4 is 5.32 Å². The lowest BCUT2D eigenvalue weighted by Crippen LogP contribution is -2.32. The van der Waals surface area contributed by atoms with Crippen LogP contribution in [0, 0.1) is 0 Å². The zero-order valence-electron chi connectivity index (χ0n) is 10.5. The largest absolute Gasteiger partial charge is 0.508 e. The number of nitrogens with one attached hydrogen (secondary N) is 1. The Balaban J connectivity index is 1.93. The summed E-state index contributed by atoms with van der Waals surface area (Å²) >= 11 is 11.9. The summed E-state index contributed by atoms with van der Waals surface area (Å²) in [6, 6.07) is 13.3. The second kappa shape index (κ2) is 6.64. The van der Waals surface area contributed by atoms with Gasteiger partial charge in [0.15, 0.2) is 0 Å². The molecular weight excluding hydrogens is 297 g/mol. The number of hydrogen-bond acceptors (Lipinski definition) is 2. The maximum atomic E-state index is 11.9. The number of amides is 1. The highest BCUT2D eigenvalue weighted by Gasteiger charge is 2.11. The van der Waals surface area contributed by atoms with Crippen LogP contribution in [0.1, 0.15) is 15.9 Å². The number of carbonyl (C=O) groups excluding carboxylic acids is 1. The predicted molar refractivity (Wildman–Crippen MR) is 80.4 cm³/mol. The van der Waals surface area contributed by atoms with E-state index in [4.69, 9.17) is 28.3 Å². The predicted octanol–water partition coefficient (Wildman–Crippen LogP) is 3.58. The van der Waals surface area contributed by atoms with E-state index in [9.17, 15) is 4.79 Å². The number of alkyl halides is 1. The Morgan fingerprint density at radius 1 is 1.10 bits per heavy atom. The highest BCUT2D eigenvalue weighted by molar-refractivity contribution is 6.30. The van der Waals surface area contributed by atoms with E-state index >= 15 is 0 Å². The molecule has 2 aromatic carbocycles. The lowest BCUT2D eigenvalue weighted by molar-refractivity contribution is 0.0949. The van der Waals surface area contributed by atoms with E-state index in [0.29, 0.717) is 17.0 Å². The molecule has 0 aliphatic rings. The Labute approximate surface area is 127 Å². The third kappa shape index (κ3) is 4.15. The molecule has 0 heterocycles. The Kier molecular flexibility index (Phi) is 4.88. The van der Waals surface area contributed by atoms with Crippen molar-refractivity contribution in [1.29, 1.82) is 0 Å². The van der Waals surface area contributed by atoms with Crippen molar-refractivity contribution >= 4 is 29.1 Å². The zero-order chi connectivity index (χ0) is 14.5. The molecule has 0 aliphatic carbocycles. The van der Waals surface area contributed by atoms with Gasteiger partial charge in [-0.15, -0.1) is 0 Å². The van der Waals surface area contributed by atoms with Crippen LogP contribution in [0.3, 0.4) is 0 Å². The monoisotopic (exact) mass is 309 g/mol. The summed E-state index contributed by atoms with van der Waals surface area (Å²) in [5.41, 5.74) is 0.919. The average molecular weight is 310 g/mol. The molecule has 0 aliphatic heterocycles. The first-order valence-electron chi connectivity index (χ1n) is 6.03. The van der Waals surface area contributed by atoms with Crippen LogP contribution in [0.4, 0.5) is 0 Å². The van der Waals surface area contributed by atoms with Gasteiger partial charge in [0.25, 0.3) is 5.91 Å². The quantitative estimate of drug-likeness (QED) is 0.670. The van der Waals surface area contributed by atoms with Crippen molar-refractivity contribution in [2.75, 3.05) is 0 Å². The van der Waals surface area contributed by atoms with Crippen LogP contribution in [0.15, 0.2) is 48.5 Å². The fourth-order valence-electron chi connectivity index (χ4n) is 1.72. The molecule has 1 amide bonds. The fraction of sp³-hybridized carbons (Fsp3) is 0.133. The van der Waals surface area contributed by atoms with Crippen molar-refractivity contribution in [3.63, 3.8) is 0 Å². The van der Waals surface area contributed by atoms with Gasteiger partial charge in [0, 0.05) is 17.0 Å². The first-order chi connectivity index (χ1) is 9.54. The minimum atomic E-state index is -0.516. The first kappa shape index (κ1) is 14.7. The van der Waals surface area contributed by atoms with Gasteiger partial charge < -0.3 is 10.4 Å². The number of phenolic OH excluding ortho intramolecular Hbond substituents is 1. The van der Waals surface area contributed by atoms with Crippen LogP contribution in [-0.2, 0) is 6.42 Å². The van der Waals surface area contributed by atoms with Crippen LogP contribution in [0.25, 0.3) is 0 Å². The molecule has 20 heavy (non-hydrogen) atoms. The molecular formula is C15H13Cl2NO2. The highest BCUT2D eigenvalue weighted by atomic mass is 35.5. The summed E-state index contributed by atoms with van der Waals surface area (Å²) in [6.07, 6.45) is 0.503. The molecule has 1 atom stereocenters. The first-order valence-corrected chi connectivity index (χ1v) is 6.84. The summed E-state index contributed by atoms with van der Waals surface area (Å²) in [6.45, 7) is 0. The van der Waals surface area contributed by atoms with E-state index in [1.165, 1.54) is 24.3 Å². The highest BCUT2D eigenvalue weighted by Crippen LogP contribution is 2.13. The van der Waals surface area contributed by atoms with Crippen molar-refractivity contribution in [2.24, 2.45) is 0 Å². The number of carbonyl (C=O) groups is 1. The van der Waals surface area contributed by atoms with Crippen molar-refractivity contribution < 1.29 is 9.90 Å². The van der Waals surface area contributed by atoms with Gasteiger partial charge in [-0.1, -0.05) is 35.3 Å². The summed E-state index contributed by atoms with van der Waals surface area (Å²) < 4.78 is 0. The second-order valence-corrected chi connectivity index (χ2v) is 5.28. The zero-order valence-corrected chi connectivity index (χ0v) is 12.0. The minimum Gasteiger partial charge on any atom is -0.508 e. The van der Waals surface area contributed by atoms with Crippen molar-refractivity contribution in [2.45, 2.75) is 11.9 Å². The van der Waals surface area contributed by atoms with Gasteiger partial charge in [-0.3, -0.25) is 4.79 Å². The van der Waals surface area contributed by atoms with Crippen LogP contribution >= 0.6 is 23.2 Å². The molecule has 1 unspecified atom stereocenters. The fourth-order valence-corrected chi connectivity index (χ4v) is 2.12. The van der Waals surface area contributed by atoms with E-state index in [0.717, 1.165) is 5.56 Å². The van der Waals surface area contributed by atoms with Crippen molar-refractivity contribution in [1.82, 2.24) is 5.32 Å². The normalized spacial score (nSPS) is 11.9. The summed E-state index contributed by atoms with van der Waals surface area (Å²) in [4.78, 5) is 11.9. The summed E-state index contributed by atoms with van der Waals surface area (Å²) in [7, 11) is 0. The van der Waals surface area contributed by atoms with Crippen LogP contribution in [0.5, 0.6) is 5.75 Å². The summed E-state index contributed by atoms with van der Waals surface area (Å²) in [5, 5.41) is 12.5.